The minimum atomic E-state index is 0.125. The predicted octanol–water partition coefficient (Wildman–Crippen LogP) is 2.63. The highest BCUT2D eigenvalue weighted by atomic mass is 16.2. The highest BCUT2D eigenvalue weighted by molar-refractivity contribution is 5.49. The van der Waals surface area contributed by atoms with Gasteiger partial charge in [-0.3, -0.25) is 0 Å². The molecule has 0 saturated carbocycles. The average molecular weight is 196 g/mol. The molecule has 0 aromatic heterocycles. The third-order valence-corrected chi connectivity index (χ3v) is 2.13. The van der Waals surface area contributed by atoms with Crippen LogP contribution in [0.3, 0.4) is 0 Å². The van der Waals surface area contributed by atoms with Gasteiger partial charge in [0.2, 0.25) is 0 Å². The summed E-state index contributed by atoms with van der Waals surface area (Å²) in [7, 11) is 0. The second-order valence-electron chi connectivity index (χ2n) is 3.53. The van der Waals surface area contributed by atoms with Crippen LogP contribution in [0, 0.1) is 0 Å². The topological polar surface area (TPSA) is 37.3 Å². The second-order valence-corrected chi connectivity index (χ2v) is 3.53. The normalized spacial score (nSPS) is 13.1. The molecule has 1 N–H and O–H groups in total. The highest BCUT2D eigenvalue weighted by Crippen LogP contribution is 2.09. The van der Waals surface area contributed by atoms with E-state index >= 15 is 0 Å². The summed E-state index contributed by atoms with van der Waals surface area (Å²) in [4.78, 5) is 10.1. The van der Waals surface area contributed by atoms with Crippen LogP contribution in [0.2, 0.25) is 0 Å². The molecule has 0 radical (unpaired) electrons. The van der Waals surface area contributed by atoms with Crippen molar-refractivity contribution in [2.24, 2.45) is 0 Å². The number of aldehydes is 1. The Balaban J connectivity index is 3.69. The molecule has 14 heavy (non-hydrogen) atoms. The van der Waals surface area contributed by atoms with E-state index in [-0.39, 0.29) is 6.61 Å². The number of aliphatic hydroxyl groups excluding tert-OH is 1. The smallest absolute Gasteiger partial charge is 0.120 e. The molecule has 0 aliphatic heterocycles. The zero-order chi connectivity index (χ0) is 10.8. The van der Waals surface area contributed by atoms with Crippen molar-refractivity contribution in [1.82, 2.24) is 0 Å². The lowest BCUT2D eigenvalue weighted by molar-refractivity contribution is -0.107. The molecule has 2 nitrogen and oxygen atoms in total. The molecule has 0 unspecified atom stereocenters. The van der Waals surface area contributed by atoms with Crippen molar-refractivity contribution in [3.8, 4) is 0 Å². The van der Waals surface area contributed by atoms with Crippen molar-refractivity contribution in [2.75, 3.05) is 6.61 Å². The van der Waals surface area contributed by atoms with Crippen LogP contribution in [0.25, 0.3) is 0 Å². The van der Waals surface area contributed by atoms with E-state index in [0.717, 1.165) is 25.5 Å². The van der Waals surface area contributed by atoms with E-state index in [0.29, 0.717) is 6.42 Å². The lowest BCUT2D eigenvalue weighted by atomic mass is 10.1. The van der Waals surface area contributed by atoms with Gasteiger partial charge in [-0.05, 0) is 33.1 Å². The summed E-state index contributed by atoms with van der Waals surface area (Å²) < 4.78 is 0. The van der Waals surface area contributed by atoms with Crippen molar-refractivity contribution in [3.05, 3.63) is 23.3 Å². The van der Waals surface area contributed by atoms with Gasteiger partial charge < -0.3 is 9.90 Å². The number of aliphatic hydroxyl groups is 1. The molecule has 0 fully saturated rings. The van der Waals surface area contributed by atoms with Crippen molar-refractivity contribution < 1.29 is 9.90 Å². The van der Waals surface area contributed by atoms with E-state index in [9.17, 15) is 4.79 Å². The van der Waals surface area contributed by atoms with Crippen molar-refractivity contribution in [1.29, 1.82) is 0 Å². The van der Waals surface area contributed by atoms with E-state index < -0.39 is 0 Å². The number of hydrogen-bond acceptors (Lipinski definition) is 2. The fourth-order valence-electron chi connectivity index (χ4n) is 1.19. The van der Waals surface area contributed by atoms with Crippen LogP contribution in [0.5, 0.6) is 0 Å². The first-order chi connectivity index (χ1) is 6.70. The maximum atomic E-state index is 10.1. The molecule has 0 saturated heterocycles. The van der Waals surface area contributed by atoms with Crippen molar-refractivity contribution >= 4 is 6.29 Å². The molecule has 0 aliphatic carbocycles. The van der Waals surface area contributed by atoms with Gasteiger partial charge in [-0.2, -0.15) is 0 Å². The average Bonchev–Trinajstić information content (AvgIpc) is 2.15. The van der Waals surface area contributed by atoms with Gasteiger partial charge in [-0.1, -0.05) is 23.3 Å². The molecular weight excluding hydrogens is 176 g/mol. The van der Waals surface area contributed by atoms with Gasteiger partial charge in [0.1, 0.15) is 6.29 Å². The third kappa shape index (κ3) is 7.74. The molecule has 2 heteroatoms. The van der Waals surface area contributed by atoms with Crippen LogP contribution in [0.15, 0.2) is 23.3 Å². The predicted molar refractivity (Wildman–Crippen MR) is 59.1 cm³/mol. The summed E-state index contributed by atoms with van der Waals surface area (Å²) in [6, 6.07) is 0. The molecule has 80 valence electrons. The zero-order valence-corrected chi connectivity index (χ0v) is 9.12. The molecule has 0 spiro atoms. The maximum Gasteiger partial charge on any atom is 0.120 e. The Morgan fingerprint density at radius 1 is 1.07 bits per heavy atom. The molecule has 0 aromatic rings. The van der Waals surface area contributed by atoms with Crippen LogP contribution >= 0.6 is 0 Å². The van der Waals surface area contributed by atoms with E-state index in [1.807, 2.05) is 13.0 Å². The van der Waals surface area contributed by atoms with Gasteiger partial charge in [0.05, 0.1) is 6.61 Å². The lowest BCUT2D eigenvalue weighted by Gasteiger charge is -1.99. The second kappa shape index (κ2) is 8.70. The number of rotatable bonds is 7. The number of carbonyl (C=O) groups excluding carboxylic acids is 1. The Kier molecular flexibility index (Phi) is 8.14. The Hall–Kier alpha value is -0.890. The summed E-state index contributed by atoms with van der Waals surface area (Å²) in [5.74, 6) is 0. The lowest BCUT2D eigenvalue weighted by Crippen LogP contribution is -1.83. The van der Waals surface area contributed by atoms with Crippen LogP contribution in [-0.2, 0) is 4.79 Å². The Bertz CT molecular complexity index is 214. The van der Waals surface area contributed by atoms with Gasteiger partial charge in [-0.25, -0.2) is 0 Å². The fourth-order valence-corrected chi connectivity index (χ4v) is 1.19. The molecule has 0 heterocycles. The molecule has 0 rings (SSSR count). The number of allylic oxidation sites excluding steroid dienone is 3. The zero-order valence-electron chi connectivity index (χ0n) is 9.12. The minimum absolute atomic E-state index is 0.125. The summed E-state index contributed by atoms with van der Waals surface area (Å²) in [5.41, 5.74) is 2.49. The van der Waals surface area contributed by atoms with Crippen LogP contribution < -0.4 is 0 Å². The van der Waals surface area contributed by atoms with Crippen LogP contribution in [0.4, 0.5) is 0 Å². The SMILES string of the molecule is C/C(=C\CC/C(C)=C/CO)CCC=O. The van der Waals surface area contributed by atoms with Crippen molar-refractivity contribution in [3.63, 3.8) is 0 Å². The van der Waals surface area contributed by atoms with Crippen molar-refractivity contribution in [2.45, 2.75) is 39.5 Å². The Morgan fingerprint density at radius 2 is 1.64 bits per heavy atom. The Labute approximate surface area is 86.3 Å². The number of carbonyl (C=O) groups is 1. The summed E-state index contributed by atoms with van der Waals surface area (Å²) in [6.45, 7) is 4.19. The van der Waals surface area contributed by atoms with Gasteiger partial charge in [0, 0.05) is 6.42 Å². The first-order valence-corrected chi connectivity index (χ1v) is 5.06. The molecule has 0 atom stereocenters. The standard InChI is InChI=1S/C12H20O2/c1-11(7-4-9-13)5-3-6-12(2)8-10-14/h5,8-9,14H,3-4,6-7,10H2,1-2H3/b11-5+,12-8+. The summed E-state index contributed by atoms with van der Waals surface area (Å²) in [5, 5.41) is 8.63. The summed E-state index contributed by atoms with van der Waals surface area (Å²) in [6.07, 6.45) is 8.41. The monoisotopic (exact) mass is 196 g/mol. The molecule has 0 amide bonds. The van der Waals surface area contributed by atoms with E-state index in [2.05, 4.69) is 13.0 Å². The first-order valence-electron chi connectivity index (χ1n) is 5.06. The van der Waals surface area contributed by atoms with E-state index in [4.69, 9.17) is 5.11 Å². The van der Waals surface area contributed by atoms with Gasteiger partial charge in [0.15, 0.2) is 0 Å². The van der Waals surface area contributed by atoms with Crippen LogP contribution in [-0.4, -0.2) is 18.0 Å². The third-order valence-electron chi connectivity index (χ3n) is 2.13. The van der Waals surface area contributed by atoms with Gasteiger partial charge >= 0.3 is 0 Å². The quantitative estimate of drug-likeness (QED) is 0.502. The van der Waals surface area contributed by atoms with Gasteiger partial charge in [-0.15, -0.1) is 0 Å². The highest BCUT2D eigenvalue weighted by Gasteiger charge is 1.91. The number of hydrogen-bond donors (Lipinski definition) is 1. The Morgan fingerprint density at radius 3 is 2.21 bits per heavy atom. The van der Waals surface area contributed by atoms with E-state index in [1.54, 1.807) is 0 Å². The maximum absolute atomic E-state index is 10.1. The van der Waals surface area contributed by atoms with E-state index in [1.165, 1.54) is 11.1 Å². The minimum Gasteiger partial charge on any atom is -0.392 e. The van der Waals surface area contributed by atoms with Gasteiger partial charge in [0.25, 0.3) is 0 Å². The molecule has 0 aromatic carbocycles. The molecule has 0 bridgehead atoms. The first kappa shape index (κ1) is 13.1. The molecular formula is C12H20O2. The fraction of sp³-hybridized carbons (Fsp3) is 0.583. The summed E-state index contributed by atoms with van der Waals surface area (Å²) >= 11 is 0. The van der Waals surface area contributed by atoms with Crippen LogP contribution in [0.1, 0.15) is 39.5 Å². The molecule has 0 aliphatic rings. The largest absolute Gasteiger partial charge is 0.392 e.